The van der Waals surface area contributed by atoms with E-state index in [1.54, 1.807) is 0 Å². The Kier molecular flexibility index (Phi) is 5.89. The number of hydrogen-bond donors (Lipinski definition) is 1. The lowest BCUT2D eigenvalue weighted by Gasteiger charge is -2.19. The van der Waals surface area contributed by atoms with Crippen molar-refractivity contribution < 1.29 is 9.53 Å². The minimum absolute atomic E-state index is 0.325. The number of amides is 1. The molecule has 0 fully saturated rings. The molecule has 4 nitrogen and oxygen atoms in total. The van der Waals surface area contributed by atoms with Gasteiger partial charge in [-0.05, 0) is 45.6 Å². The standard InChI is InChI=1S/C14H24N2O2/c1-14(2,3)18-13(17)16-9-6-4-5-7-12-8-10-15-11-12/h10-11H,4-9H2,1-3H3,(H,16,17). The molecular formula is C14H24N2O2. The van der Waals surface area contributed by atoms with E-state index in [1.807, 2.05) is 33.2 Å². The number of nitrogens with one attached hydrogen (secondary N) is 1. The van der Waals surface area contributed by atoms with E-state index in [-0.39, 0.29) is 6.09 Å². The Labute approximate surface area is 110 Å². The molecule has 0 atom stereocenters. The molecular weight excluding hydrogens is 228 g/mol. The normalized spacial score (nSPS) is 14.5. The van der Waals surface area contributed by atoms with Crippen molar-refractivity contribution in [3.8, 4) is 0 Å². The van der Waals surface area contributed by atoms with Crippen LogP contribution in [0.15, 0.2) is 16.8 Å². The van der Waals surface area contributed by atoms with Gasteiger partial charge in [-0.2, -0.15) is 0 Å². The second-order valence-electron chi connectivity index (χ2n) is 5.56. The number of rotatable bonds is 6. The van der Waals surface area contributed by atoms with Gasteiger partial charge in [-0.3, -0.25) is 4.99 Å². The summed E-state index contributed by atoms with van der Waals surface area (Å²) in [6.45, 7) is 6.28. The quantitative estimate of drug-likeness (QED) is 0.736. The Bertz CT molecular complexity index is 327. The summed E-state index contributed by atoms with van der Waals surface area (Å²) in [6.07, 6.45) is 8.97. The highest BCUT2D eigenvalue weighted by Crippen LogP contribution is 2.15. The number of carbonyl (C=O) groups excluding carboxylic acids is 1. The summed E-state index contributed by atoms with van der Waals surface area (Å²) < 4.78 is 5.15. The molecule has 102 valence electrons. The van der Waals surface area contributed by atoms with E-state index in [4.69, 9.17) is 4.74 Å². The number of allylic oxidation sites excluding steroid dienone is 1. The molecule has 0 spiro atoms. The van der Waals surface area contributed by atoms with Gasteiger partial charge in [0.25, 0.3) is 0 Å². The Morgan fingerprint density at radius 2 is 2.17 bits per heavy atom. The van der Waals surface area contributed by atoms with Crippen LogP contribution in [0.4, 0.5) is 4.79 Å². The van der Waals surface area contributed by atoms with Gasteiger partial charge in [-0.15, -0.1) is 0 Å². The van der Waals surface area contributed by atoms with Gasteiger partial charge < -0.3 is 10.1 Å². The van der Waals surface area contributed by atoms with E-state index in [0.29, 0.717) is 6.54 Å². The van der Waals surface area contributed by atoms with Gasteiger partial charge in [0.1, 0.15) is 5.60 Å². The third-order valence-corrected chi connectivity index (χ3v) is 2.56. The zero-order chi connectivity index (χ0) is 13.4. The van der Waals surface area contributed by atoms with Crippen LogP contribution in [-0.4, -0.2) is 24.5 Å². The van der Waals surface area contributed by atoms with Crippen LogP contribution in [0.1, 0.15) is 52.9 Å². The van der Waals surface area contributed by atoms with Crippen molar-refractivity contribution in [2.24, 2.45) is 4.99 Å². The average Bonchev–Trinajstić information content (AvgIpc) is 2.73. The number of ether oxygens (including phenoxy) is 1. The molecule has 0 unspecified atom stereocenters. The maximum Gasteiger partial charge on any atom is 0.407 e. The summed E-state index contributed by atoms with van der Waals surface area (Å²) in [5, 5.41) is 2.77. The summed E-state index contributed by atoms with van der Waals surface area (Å²) in [7, 11) is 0. The van der Waals surface area contributed by atoms with Crippen LogP contribution in [0, 0.1) is 0 Å². The molecule has 1 aliphatic rings. The Morgan fingerprint density at radius 3 is 2.78 bits per heavy atom. The molecule has 0 saturated carbocycles. The number of unbranched alkanes of at least 4 members (excludes halogenated alkanes) is 2. The van der Waals surface area contributed by atoms with Gasteiger partial charge in [0.05, 0.1) is 0 Å². The molecule has 0 aromatic heterocycles. The fraction of sp³-hybridized carbons (Fsp3) is 0.714. The van der Waals surface area contributed by atoms with E-state index >= 15 is 0 Å². The number of alkyl carbamates (subject to hydrolysis) is 1. The van der Waals surface area contributed by atoms with Crippen LogP contribution in [0.2, 0.25) is 0 Å². The third kappa shape index (κ3) is 7.09. The largest absolute Gasteiger partial charge is 0.444 e. The van der Waals surface area contributed by atoms with Crippen LogP contribution >= 0.6 is 0 Å². The zero-order valence-corrected chi connectivity index (χ0v) is 11.7. The molecule has 1 aliphatic heterocycles. The first-order valence-electron chi connectivity index (χ1n) is 6.64. The van der Waals surface area contributed by atoms with E-state index in [9.17, 15) is 4.79 Å². The first-order valence-corrected chi connectivity index (χ1v) is 6.64. The molecule has 0 aliphatic carbocycles. The van der Waals surface area contributed by atoms with Crippen molar-refractivity contribution in [3.05, 3.63) is 11.8 Å². The highest BCUT2D eigenvalue weighted by Gasteiger charge is 2.15. The van der Waals surface area contributed by atoms with Crippen molar-refractivity contribution in [1.29, 1.82) is 0 Å². The van der Waals surface area contributed by atoms with Crippen molar-refractivity contribution in [2.75, 3.05) is 6.54 Å². The topological polar surface area (TPSA) is 50.7 Å². The van der Waals surface area contributed by atoms with Crippen molar-refractivity contribution in [1.82, 2.24) is 5.32 Å². The van der Waals surface area contributed by atoms with E-state index in [0.717, 1.165) is 32.1 Å². The third-order valence-electron chi connectivity index (χ3n) is 2.56. The predicted molar refractivity (Wildman–Crippen MR) is 73.9 cm³/mol. The monoisotopic (exact) mass is 252 g/mol. The minimum atomic E-state index is -0.418. The Hall–Kier alpha value is -1.32. The van der Waals surface area contributed by atoms with Gasteiger partial charge in [0.15, 0.2) is 0 Å². The second kappa shape index (κ2) is 7.19. The molecule has 1 heterocycles. The highest BCUT2D eigenvalue weighted by molar-refractivity contribution is 5.67. The van der Waals surface area contributed by atoms with Crippen LogP contribution in [-0.2, 0) is 4.74 Å². The predicted octanol–water partition coefficient (Wildman–Crippen LogP) is 3.43. The van der Waals surface area contributed by atoms with Crippen molar-refractivity contribution in [2.45, 2.75) is 58.5 Å². The van der Waals surface area contributed by atoms with E-state index in [2.05, 4.69) is 10.3 Å². The molecule has 0 saturated heterocycles. The van der Waals surface area contributed by atoms with Crippen LogP contribution in [0.5, 0.6) is 0 Å². The lowest BCUT2D eigenvalue weighted by molar-refractivity contribution is 0.0527. The highest BCUT2D eigenvalue weighted by atomic mass is 16.6. The van der Waals surface area contributed by atoms with E-state index < -0.39 is 5.60 Å². The van der Waals surface area contributed by atoms with Gasteiger partial charge in [0, 0.05) is 25.4 Å². The van der Waals surface area contributed by atoms with Gasteiger partial charge in [0.2, 0.25) is 0 Å². The first kappa shape index (κ1) is 14.7. The Morgan fingerprint density at radius 1 is 1.39 bits per heavy atom. The fourth-order valence-electron chi connectivity index (χ4n) is 1.71. The molecule has 4 heteroatoms. The molecule has 0 radical (unpaired) electrons. The molecule has 0 aromatic carbocycles. The number of hydrogen-bond acceptors (Lipinski definition) is 3. The lowest BCUT2D eigenvalue weighted by atomic mass is 10.1. The molecule has 0 bridgehead atoms. The fourth-order valence-corrected chi connectivity index (χ4v) is 1.71. The SMILES string of the molecule is CC(C)(C)OC(=O)NCCCCCC1=CN=CC1. The first-order chi connectivity index (χ1) is 8.47. The van der Waals surface area contributed by atoms with Crippen molar-refractivity contribution >= 4 is 12.3 Å². The molecule has 1 amide bonds. The smallest absolute Gasteiger partial charge is 0.407 e. The minimum Gasteiger partial charge on any atom is -0.444 e. The maximum atomic E-state index is 11.3. The summed E-state index contributed by atoms with van der Waals surface area (Å²) >= 11 is 0. The second-order valence-corrected chi connectivity index (χ2v) is 5.56. The summed E-state index contributed by atoms with van der Waals surface area (Å²) in [5.74, 6) is 0. The Balaban J connectivity index is 1.93. The molecule has 18 heavy (non-hydrogen) atoms. The molecule has 0 aromatic rings. The number of nitrogens with zero attached hydrogens (tertiary/aromatic N) is 1. The maximum absolute atomic E-state index is 11.3. The lowest BCUT2D eigenvalue weighted by Crippen LogP contribution is -2.32. The van der Waals surface area contributed by atoms with Crippen LogP contribution < -0.4 is 5.32 Å². The number of aliphatic imine (C=N–C) groups is 1. The summed E-state index contributed by atoms with van der Waals surface area (Å²) in [4.78, 5) is 15.4. The molecule has 1 rings (SSSR count). The van der Waals surface area contributed by atoms with Gasteiger partial charge in [-0.1, -0.05) is 6.42 Å². The van der Waals surface area contributed by atoms with Gasteiger partial charge >= 0.3 is 6.09 Å². The van der Waals surface area contributed by atoms with E-state index in [1.165, 1.54) is 5.57 Å². The van der Waals surface area contributed by atoms with Crippen LogP contribution in [0.25, 0.3) is 0 Å². The summed E-state index contributed by atoms with van der Waals surface area (Å²) in [6, 6.07) is 0. The van der Waals surface area contributed by atoms with Gasteiger partial charge in [-0.25, -0.2) is 4.79 Å². The summed E-state index contributed by atoms with van der Waals surface area (Å²) in [5.41, 5.74) is 0.995. The average molecular weight is 252 g/mol. The number of carbonyl (C=O) groups is 1. The van der Waals surface area contributed by atoms with Crippen molar-refractivity contribution in [3.63, 3.8) is 0 Å². The molecule has 1 N–H and O–H groups in total. The zero-order valence-electron chi connectivity index (χ0n) is 11.7. The van der Waals surface area contributed by atoms with Crippen LogP contribution in [0.3, 0.4) is 0 Å².